The number of methoxy groups -OCH3 is 2. The number of carbonyl (C=O) groups is 1. The van der Waals surface area contributed by atoms with Gasteiger partial charge in [0.15, 0.2) is 0 Å². The van der Waals surface area contributed by atoms with Gasteiger partial charge < -0.3 is 14.2 Å². The molecule has 0 fully saturated rings. The average Bonchev–Trinajstić information content (AvgIpc) is 2.59. The van der Waals surface area contributed by atoms with E-state index >= 15 is 0 Å². The molecular weight excluding hydrogens is 292 g/mol. The summed E-state index contributed by atoms with van der Waals surface area (Å²) in [5.41, 5.74) is 1.00. The van der Waals surface area contributed by atoms with E-state index in [1.54, 1.807) is 14.2 Å². The number of hydrogen-bond acceptors (Lipinski definition) is 4. The highest BCUT2D eigenvalue weighted by molar-refractivity contribution is 5.73. The van der Waals surface area contributed by atoms with Crippen LogP contribution in [0.5, 0.6) is 11.5 Å². The Bertz CT molecular complexity index is 470. The van der Waals surface area contributed by atoms with Gasteiger partial charge in [-0.2, -0.15) is 0 Å². The van der Waals surface area contributed by atoms with Gasteiger partial charge in [-0.05, 0) is 30.9 Å². The third kappa shape index (κ3) is 6.51. The van der Waals surface area contributed by atoms with Crippen molar-refractivity contribution in [3.63, 3.8) is 0 Å². The number of rotatable bonds is 11. The van der Waals surface area contributed by atoms with E-state index in [-0.39, 0.29) is 11.9 Å². The Balaban J connectivity index is 2.59. The van der Waals surface area contributed by atoms with Crippen LogP contribution >= 0.6 is 0 Å². The zero-order valence-electron chi connectivity index (χ0n) is 14.9. The molecule has 1 aromatic carbocycles. The lowest BCUT2D eigenvalue weighted by Gasteiger charge is -2.16. The first-order valence-electron chi connectivity index (χ1n) is 8.53. The first kappa shape index (κ1) is 19.3. The lowest BCUT2D eigenvalue weighted by atomic mass is 9.96. The zero-order chi connectivity index (χ0) is 17.1. The largest absolute Gasteiger partial charge is 0.497 e. The van der Waals surface area contributed by atoms with Crippen molar-refractivity contribution >= 4 is 5.97 Å². The zero-order valence-corrected chi connectivity index (χ0v) is 14.9. The molecular formula is C19H30O4. The molecule has 1 atom stereocenters. The van der Waals surface area contributed by atoms with Gasteiger partial charge in [-0.1, -0.05) is 39.2 Å². The van der Waals surface area contributed by atoms with Gasteiger partial charge in [0.1, 0.15) is 11.5 Å². The summed E-state index contributed by atoms with van der Waals surface area (Å²) in [7, 11) is 3.25. The molecule has 0 aromatic heterocycles. The normalized spacial score (nSPS) is 11.8. The van der Waals surface area contributed by atoms with Gasteiger partial charge in [-0.25, -0.2) is 0 Å². The smallest absolute Gasteiger partial charge is 0.309 e. The van der Waals surface area contributed by atoms with Crippen molar-refractivity contribution in [2.24, 2.45) is 5.92 Å². The summed E-state index contributed by atoms with van der Waals surface area (Å²) in [4.78, 5) is 12.2. The Morgan fingerprint density at radius 1 is 1.09 bits per heavy atom. The van der Waals surface area contributed by atoms with Crippen molar-refractivity contribution in [2.45, 2.75) is 52.4 Å². The van der Waals surface area contributed by atoms with Crippen LogP contribution < -0.4 is 9.47 Å². The van der Waals surface area contributed by atoms with E-state index in [9.17, 15) is 4.79 Å². The van der Waals surface area contributed by atoms with E-state index in [0.717, 1.165) is 36.3 Å². The molecule has 130 valence electrons. The van der Waals surface area contributed by atoms with Crippen LogP contribution in [0.25, 0.3) is 0 Å². The summed E-state index contributed by atoms with van der Waals surface area (Å²) in [6, 6.07) is 5.69. The quantitative estimate of drug-likeness (QED) is 0.447. The van der Waals surface area contributed by atoms with E-state index in [0.29, 0.717) is 13.0 Å². The fourth-order valence-electron chi connectivity index (χ4n) is 2.50. The van der Waals surface area contributed by atoms with E-state index < -0.39 is 0 Å². The molecule has 0 saturated carbocycles. The van der Waals surface area contributed by atoms with Gasteiger partial charge in [0.25, 0.3) is 0 Å². The number of unbranched alkanes of at least 4 members (excludes halogenated alkanes) is 3. The molecule has 0 saturated heterocycles. The van der Waals surface area contributed by atoms with Gasteiger partial charge in [-0.3, -0.25) is 4.79 Å². The minimum absolute atomic E-state index is 0.109. The van der Waals surface area contributed by atoms with Crippen molar-refractivity contribution < 1.29 is 19.0 Å². The first-order valence-corrected chi connectivity index (χ1v) is 8.53. The van der Waals surface area contributed by atoms with Gasteiger partial charge >= 0.3 is 5.97 Å². The summed E-state index contributed by atoms with van der Waals surface area (Å²) in [6.45, 7) is 4.70. The summed E-state index contributed by atoms with van der Waals surface area (Å²) in [5.74, 6) is 1.25. The fourth-order valence-corrected chi connectivity index (χ4v) is 2.50. The number of hydrogen-bond donors (Lipinski definition) is 0. The van der Waals surface area contributed by atoms with E-state index in [4.69, 9.17) is 14.2 Å². The lowest BCUT2D eigenvalue weighted by Crippen LogP contribution is -2.20. The highest BCUT2D eigenvalue weighted by Crippen LogP contribution is 2.27. The second kappa shape index (κ2) is 10.9. The molecule has 0 heterocycles. The molecule has 1 unspecified atom stereocenters. The number of carbonyl (C=O) groups excluding carboxylic acids is 1. The second-order valence-electron chi connectivity index (χ2n) is 5.72. The minimum Gasteiger partial charge on any atom is -0.497 e. The predicted molar refractivity (Wildman–Crippen MR) is 92.1 cm³/mol. The minimum atomic E-state index is -0.136. The number of ether oxygens (including phenoxy) is 3. The topological polar surface area (TPSA) is 44.8 Å². The van der Waals surface area contributed by atoms with Gasteiger partial charge in [-0.15, -0.1) is 0 Å². The molecule has 0 spiro atoms. The molecule has 0 N–H and O–H groups in total. The molecule has 0 amide bonds. The molecule has 0 aliphatic carbocycles. The fraction of sp³-hybridized carbons (Fsp3) is 0.632. The second-order valence-corrected chi connectivity index (χ2v) is 5.72. The molecule has 0 radical (unpaired) electrons. The third-order valence-corrected chi connectivity index (χ3v) is 4.03. The highest BCUT2D eigenvalue weighted by Gasteiger charge is 2.20. The maximum absolute atomic E-state index is 12.2. The summed E-state index contributed by atoms with van der Waals surface area (Å²) >= 11 is 0. The standard InChI is InChI=1S/C19H30O4/c1-5-7-8-9-12-23-19(20)15(6-2)13-16-10-11-17(21-3)14-18(16)22-4/h10-11,14-15H,5-9,12-13H2,1-4H3. The van der Waals surface area contributed by atoms with Crippen molar-refractivity contribution in [1.29, 1.82) is 0 Å². The van der Waals surface area contributed by atoms with Crippen LogP contribution in [0.15, 0.2) is 18.2 Å². The van der Waals surface area contributed by atoms with E-state index in [1.165, 1.54) is 12.8 Å². The van der Waals surface area contributed by atoms with Crippen LogP contribution in [0.1, 0.15) is 51.5 Å². The molecule has 4 heteroatoms. The summed E-state index contributed by atoms with van der Waals surface area (Å²) < 4.78 is 16.0. The number of esters is 1. The first-order chi connectivity index (χ1) is 11.2. The summed E-state index contributed by atoms with van der Waals surface area (Å²) in [6.07, 6.45) is 5.82. The van der Waals surface area contributed by atoms with Gasteiger partial charge in [0.05, 0.1) is 26.7 Å². The Hall–Kier alpha value is -1.71. The van der Waals surface area contributed by atoms with Crippen LogP contribution in [0.2, 0.25) is 0 Å². The van der Waals surface area contributed by atoms with Crippen molar-refractivity contribution in [3.05, 3.63) is 23.8 Å². The highest BCUT2D eigenvalue weighted by atomic mass is 16.5. The molecule has 1 aromatic rings. The monoisotopic (exact) mass is 322 g/mol. The maximum Gasteiger partial charge on any atom is 0.309 e. The molecule has 0 aliphatic heterocycles. The molecule has 0 aliphatic rings. The van der Waals surface area contributed by atoms with Crippen molar-refractivity contribution in [1.82, 2.24) is 0 Å². The van der Waals surface area contributed by atoms with E-state index in [1.807, 2.05) is 25.1 Å². The van der Waals surface area contributed by atoms with Gasteiger partial charge in [0, 0.05) is 6.07 Å². The van der Waals surface area contributed by atoms with Crippen molar-refractivity contribution in [3.8, 4) is 11.5 Å². The Labute approximate surface area is 140 Å². The SMILES string of the molecule is CCCCCCOC(=O)C(CC)Cc1ccc(OC)cc1OC. The predicted octanol–water partition coefficient (Wildman–Crippen LogP) is 4.40. The number of benzene rings is 1. The van der Waals surface area contributed by atoms with Gasteiger partial charge in [0.2, 0.25) is 0 Å². The lowest BCUT2D eigenvalue weighted by molar-refractivity contribution is -0.148. The molecule has 23 heavy (non-hydrogen) atoms. The van der Waals surface area contributed by atoms with Crippen LogP contribution in [0.4, 0.5) is 0 Å². The molecule has 1 rings (SSSR count). The van der Waals surface area contributed by atoms with Crippen molar-refractivity contribution in [2.75, 3.05) is 20.8 Å². The third-order valence-electron chi connectivity index (χ3n) is 4.03. The van der Waals surface area contributed by atoms with Crippen LogP contribution in [-0.4, -0.2) is 26.8 Å². The molecule has 0 bridgehead atoms. The van der Waals surface area contributed by atoms with Crippen LogP contribution in [0, 0.1) is 5.92 Å². The Morgan fingerprint density at radius 3 is 2.48 bits per heavy atom. The molecule has 4 nitrogen and oxygen atoms in total. The van der Waals surface area contributed by atoms with Crippen LogP contribution in [0.3, 0.4) is 0 Å². The average molecular weight is 322 g/mol. The Kier molecular flexibility index (Phi) is 9.18. The summed E-state index contributed by atoms with van der Waals surface area (Å²) in [5, 5.41) is 0. The van der Waals surface area contributed by atoms with Crippen LogP contribution in [-0.2, 0) is 16.0 Å². The maximum atomic E-state index is 12.2. The van der Waals surface area contributed by atoms with E-state index in [2.05, 4.69) is 6.92 Å². The Morgan fingerprint density at radius 2 is 1.87 bits per heavy atom.